The van der Waals surface area contributed by atoms with Crippen LogP contribution in [0.3, 0.4) is 0 Å². The number of nitrogens with one attached hydrogen (secondary N) is 1. The van der Waals surface area contributed by atoms with Crippen LogP contribution in [0.5, 0.6) is 0 Å². The summed E-state index contributed by atoms with van der Waals surface area (Å²) in [6, 6.07) is -0.300. The second-order valence-corrected chi connectivity index (χ2v) is 4.55. The highest BCUT2D eigenvalue weighted by atomic mass is 32.2. The van der Waals surface area contributed by atoms with E-state index in [0.717, 1.165) is 0 Å². The lowest BCUT2D eigenvalue weighted by atomic mass is 10.3. The van der Waals surface area contributed by atoms with E-state index in [1.807, 2.05) is 6.92 Å². The highest BCUT2D eigenvalue weighted by Crippen LogP contribution is 2.15. The van der Waals surface area contributed by atoms with E-state index in [4.69, 9.17) is 0 Å². The van der Waals surface area contributed by atoms with Crippen molar-refractivity contribution in [1.82, 2.24) is 5.32 Å². The topological polar surface area (TPSA) is 58.6 Å². The van der Waals surface area contributed by atoms with Crippen LogP contribution in [0.2, 0.25) is 0 Å². The summed E-state index contributed by atoms with van der Waals surface area (Å²) < 4.78 is 4.62. The summed E-state index contributed by atoms with van der Waals surface area (Å²) in [7, 11) is 3.09. The number of carbonyl (C=O) groups is 1. The quantitative estimate of drug-likeness (QED) is 0.630. The van der Waals surface area contributed by atoms with Gasteiger partial charge in [-0.05, 0) is 14.0 Å². The first-order chi connectivity index (χ1) is 6.52. The first-order valence-corrected chi connectivity index (χ1v) is 5.62. The monoisotopic (exact) mass is 221 g/mol. The molecule has 0 radical (unpaired) electrons. The van der Waals surface area contributed by atoms with E-state index >= 15 is 0 Å². The maximum atomic E-state index is 11.2. The van der Waals surface area contributed by atoms with Gasteiger partial charge in [0.15, 0.2) is 0 Å². The Hall–Kier alpha value is -0.260. The van der Waals surface area contributed by atoms with Gasteiger partial charge < -0.3 is 15.2 Å². The second kappa shape index (κ2) is 7.09. The minimum absolute atomic E-state index is 0.121. The Morgan fingerprint density at radius 1 is 1.57 bits per heavy atom. The fourth-order valence-corrected chi connectivity index (χ4v) is 1.88. The van der Waals surface area contributed by atoms with Gasteiger partial charge in [-0.3, -0.25) is 4.79 Å². The van der Waals surface area contributed by atoms with Crippen molar-refractivity contribution < 1.29 is 14.6 Å². The van der Waals surface area contributed by atoms with Crippen LogP contribution in [0, 0.1) is 0 Å². The van der Waals surface area contributed by atoms with Crippen molar-refractivity contribution in [2.45, 2.75) is 31.2 Å². The van der Waals surface area contributed by atoms with Crippen LogP contribution in [0.1, 0.15) is 13.8 Å². The Balaban J connectivity index is 3.89. The maximum absolute atomic E-state index is 11.2. The van der Waals surface area contributed by atoms with Gasteiger partial charge in [0.25, 0.3) is 0 Å². The average Bonchev–Trinajstić information content (AvgIpc) is 2.17. The zero-order valence-electron chi connectivity index (χ0n) is 9.11. The Morgan fingerprint density at radius 2 is 2.14 bits per heavy atom. The Kier molecular flexibility index (Phi) is 6.96. The van der Waals surface area contributed by atoms with E-state index in [9.17, 15) is 9.90 Å². The molecule has 4 nitrogen and oxygen atoms in total. The minimum Gasteiger partial charge on any atom is -0.468 e. The van der Waals surface area contributed by atoms with Crippen LogP contribution in [0.15, 0.2) is 0 Å². The molecule has 0 aromatic carbocycles. The van der Waals surface area contributed by atoms with Crippen molar-refractivity contribution >= 4 is 17.7 Å². The number of carbonyl (C=O) groups excluding carboxylic acids is 1. The van der Waals surface area contributed by atoms with Gasteiger partial charge in [0.05, 0.1) is 13.2 Å². The largest absolute Gasteiger partial charge is 0.468 e. The molecular formula is C9H19NO3S. The fraction of sp³-hybridized carbons (Fsp3) is 0.889. The maximum Gasteiger partial charge on any atom is 0.323 e. The summed E-state index contributed by atoms with van der Waals surface area (Å²) in [6.07, 6.45) is -0.366. The molecule has 0 aromatic heterocycles. The molecule has 5 heteroatoms. The summed E-state index contributed by atoms with van der Waals surface area (Å²) in [6.45, 7) is 3.67. The van der Waals surface area contributed by atoms with Crippen LogP contribution in [0.4, 0.5) is 0 Å². The number of methoxy groups -OCH3 is 1. The molecule has 0 bridgehead atoms. The highest BCUT2D eigenvalue weighted by Gasteiger charge is 2.19. The second-order valence-electron chi connectivity index (χ2n) is 3.14. The molecular weight excluding hydrogens is 202 g/mol. The number of hydrogen-bond donors (Lipinski definition) is 2. The molecule has 2 N–H and O–H groups in total. The number of esters is 1. The molecule has 0 saturated carbocycles. The van der Waals surface area contributed by atoms with Crippen molar-refractivity contribution in [1.29, 1.82) is 0 Å². The van der Waals surface area contributed by atoms with Gasteiger partial charge >= 0.3 is 5.97 Å². The molecule has 0 heterocycles. The van der Waals surface area contributed by atoms with E-state index in [0.29, 0.717) is 5.75 Å². The van der Waals surface area contributed by atoms with Crippen molar-refractivity contribution in [3.8, 4) is 0 Å². The molecule has 0 aliphatic rings. The van der Waals surface area contributed by atoms with E-state index in [1.54, 1.807) is 25.7 Å². The number of thioether (sulfide) groups is 1. The van der Waals surface area contributed by atoms with Crippen LogP contribution < -0.4 is 5.32 Å². The Bertz CT molecular complexity index is 175. The lowest BCUT2D eigenvalue weighted by molar-refractivity contribution is -0.142. The van der Waals surface area contributed by atoms with Crippen molar-refractivity contribution in [3.05, 3.63) is 0 Å². The summed E-state index contributed by atoms with van der Waals surface area (Å²) in [5, 5.41) is 12.2. The van der Waals surface area contributed by atoms with E-state index in [-0.39, 0.29) is 23.4 Å². The van der Waals surface area contributed by atoms with Crippen LogP contribution in [0.25, 0.3) is 0 Å². The molecule has 0 amide bonds. The lowest BCUT2D eigenvalue weighted by Gasteiger charge is -2.18. The molecule has 3 atom stereocenters. The number of aliphatic hydroxyl groups is 1. The number of ether oxygens (including phenoxy) is 1. The summed E-state index contributed by atoms with van der Waals surface area (Å²) >= 11 is 1.55. The van der Waals surface area contributed by atoms with Gasteiger partial charge in [0.2, 0.25) is 0 Å². The third-order valence-corrected chi connectivity index (χ3v) is 3.48. The van der Waals surface area contributed by atoms with Gasteiger partial charge in [-0.15, -0.1) is 0 Å². The molecule has 0 aliphatic carbocycles. The van der Waals surface area contributed by atoms with Gasteiger partial charge in [-0.2, -0.15) is 11.8 Å². The summed E-state index contributed by atoms with van der Waals surface area (Å²) in [4.78, 5) is 11.2. The highest BCUT2D eigenvalue weighted by molar-refractivity contribution is 8.00. The van der Waals surface area contributed by atoms with Gasteiger partial charge in [-0.25, -0.2) is 0 Å². The number of hydrogen-bond acceptors (Lipinski definition) is 5. The molecule has 84 valence electrons. The number of likely N-dealkylation sites (N-methyl/N-ethyl adjacent to an activating group) is 1. The number of aliphatic hydroxyl groups excluding tert-OH is 1. The molecule has 0 saturated heterocycles. The van der Waals surface area contributed by atoms with Crippen molar-refractivity contribution in [2.75, 3.05) is 19.9 Å². The third kappa shape index (κ3) is 4.83. The molecule has 3 unspecified atom stereocenters. The van der Waals surface area contributed by atoms with Crippen molar-refractivity contribution in [2.24, 2.45) is 0 Å². The molecule has 0 fully saturated rings. The zero-order valence-corrected chi connectivity index (χ0v) is 9.93. The third-order valence-electron chi connectivity index (χ3n) is 2.04. The molecule has 0 aliphatic heterocycles. The standard InChI is InChI=1S/C9H19NO3S/c1-6(11)7(2)14-5-8(10-3)9(12)13-4/h6-8,10-11H,5H2,1-4H3. The predicted molar refractivity (Wildman–Crippen MR) is 58.5 cm³/mol. The SMILES string of the molecule is CNC(CSC(C)C(C)O)C(=O)OC. The predicted octanol–water partition coefficient (Wildman–Crippen LogP) is 0.250. The lowest BCUT2D eigenvalue weighted by Crippen LogP contribution is -2.38. The molecule has 0 rings (SSSR count). The van der Waals surface area contributed by atoms with Crippen LogP contribution >= 0.6 is 11.8 Å². The summed E-state index contributed by atoms with van der Waals surface area (Å²) in [5.74, 6) is 0.340. The van der Waals surface area contributed by atoms with Crippen molar-refractivity contribution in [3.63, 3.8) is 0 Å². The van der Waals surface area contributed by atoms with E-state index < -0.39 is 0 Å². The van der Waals surface area contributed by atoms with Gasteiger partial charge in [0.1, 0.15) is 6.04 Å². The van der Waals surface area contributed by atoms with E-state index in [2.05, 4.69) is 10.1 Å². The van der Waals surface area contributed by atoms with Crippen LogP contribution in [-0.2, 0) is 9.53 Å². The normalized spacial score (nSPS) is 17.2. The minimum atomic E-state index is -0.366. The van der Waals surface area contributed by atoms with E-state index in [1.165, 1.54) is 7.11 Å². The fourth-order valence-electron chi connectivity index (χ4n) is 0.799. The Labute approximate surface area is 89.4 Å². The average molecular weight is 221 g/mol. The first kappa shape index (κ1) is 13.7. The zero-order chi connectivity index (χ0) is 11.1. The van der Waals surface area contributed by atoms with Gasteiger partial charge in [0, 0.05) is 11.0 Å². The molecule has 0 spiro atoms. The van der Waals surface area contributed by atoms with Crippen LogP contribution in [-0.4, -0.2) is 48.4 Å². The molecule has 14 heavy (non-hydrogen) atoms. The summed E-state index contributed by atoms with van der Waals surface area (Å²) in [5.41, 5.74) is 0. The Morgan fingerprint density at radius 3 is 2.50 bits per heavy atom. The first-order valence-electron chi connectivity index (χ1n) is 4.57. The number of rotatable bonds is 6. The smallest absolute Gasteiger partial charge is 0.323 e. The molecule has 0 aromatic rings. The van der Waals surface area contributed by atoms with Gasteiger partial charge in [-0.1, -0.05) is 6.92 Å².